The molecule has 12 nitrogen and oxygen atoms in total. The van der Waals surface area contributed by atoms with Gasteiger partial charge < -0.3 is 20.5 Å². The van der Waals surface area contributed by atoms with Gasteiger partial charge in [-0.25, -0.2) is 24.4 Å². The second kappa shape index (κ2) is 12.1. The van der Waals surface area contributed by atoms with Gasteiger partial charge in [-0.3, -0.25) is 4.79 Å². The van der Waals surface area contributed by atoms with Crippen molar-refractivity contribution in [3.8, 4) is 0 Å². The number of carbonyl (C=O) groups is 3. The predicted molar refractivity (Wildman–Crippen MR) is 116 cm³/mol. The molecule has 0 saturated heterocycles. The molecule has 2 aromatic rings. The first-order chi connectivity index (χ1) is 15.1. The Kier molecular flexibility index (Phi) is 9.52. The minimum absolute atomic E-state index is 0.00768. The Bertz CT molecular complexity index is 1030. The van der Waals surface area contributed by atoms with Crippen molar-refractivity contribution in [1.82, 2.24) is 15.0 Å². The number of benzene rings is 1. The number of amides is 2. The van der Waals surface area contributed by atoms with Crippen LogP contribution in [0.1, 0.15) is 35.3 Å². The van der Waals surface area contributed by atoms with Crippen LogP contribution < -0.4 is 20.5 Å². The van der Waals surface area contributed by atoms with Crippen LogP contribution in [-0.2, 0) is 26.3 Å². The molecule has 2 rings (SSSR count). The summed E-state index contributed by atoms with van der Waals surface area (Å²) in [6, 6.07) is 7.94. The fraction of sp³-hybridized carbons (Fsp3) is 0.333. The van der Waals surface area contributed by atoms with Crippen LogP contribution in [0.3, 0.4) is 0 Å². The molecule has 1 atom stereocenters. The van der Waals surface area contributed by atoms with Gasteiger partial charge in [0, 0.05) is 11.9 Å². The van der Waals surface area contributed by atoms with E-state index >= 15 is 0 Å². The minimum Gasteiger partial charge on any atom is -0.476 e. The lowest BCUT2D eigenvalue weighted by molar-refractivity contribution is -0.118. The van der Waals surface area contributed by atoms with E-state index in [4.69, 9.17) is 15.0 Å². The van der Waals surface area contributed by atoms with Gasteiger partial charge in [-0.05, 0) is 24.8 Å². The first kappa shape index (κ1) is 25.2. The number of nitrogens with two attached hydrogens (primary N) is 1. The fourth-order valence-corrected chi connectivity index (χ4v) is 3.60. The number of unbranched alkanes of at least 4 members (excludes halogenated alkanes) is 1. The number of alkyl carbamates (subject to hydrolysis) is 1. The molecule has 14 heteroatoms. The Morgan fingerprint density at radius 1 is 1.19 bits per heavy atom. The highest BCUT2D eigenvalue weighted by Gasteiger charge is 2.23. The van der Waals surface area contributed by atoms with Crippen LogP contribution in [0.4, 0.5) is 9.93 Å². The molecule has 2 amide bonds. The van der Waals surface area contributed by atoms with Crippen LogP contribution in [0.25, 0.3) is 0 Å². The summed E-state index contributed by atoms with van der Waals surface area (Å²) < 4.78 is 29.1. The minimum atomic E-state index is -3.81. The number of hydrogen-bond acceptors (Lipinski definition) is 8. The second-order valence-electron chi connectivity index (χ2n) is 6.53. The Labute approximate surface area is 188 Å². The molecule has 0 radical (unpaired) electrons. The molecular weight excluding hydrogens is 462 g/mol. The highest BCUT2D eigenvalue weighted by molar-refractivity contribution is 7.87. The monoisotopic (exact) mass is 485 g/mol. The van der Waals surface area contributed by atoms with Crippen LogP contribution >= 0.6 is 11.3 Å². The largest absolute Gasteiger partial charge is 0.476 e. The van der Waals surface area contributed by atoms with Crippen molar-refractivity contribution >= 4 is 44.6 Å². The summed E-state index contributed by atoms with van der Waals surface area (Å²) in [5, 5.41) is 20.1. The first-order valence-corrected chi connectivity index (χ1v) is 11.8. The van der Waals surface area contributed by atoms with Crippen molar-refractivity contribution in [2.24, 2.45) is 5.14 Å². The number of aromatic carboxylic acids is 1. The molecule has 1 aromatic heterocycles. The summed E-state index contributed by atoms with van der Waals surface area (Å²) in [6.45, 7) is 0.0772. The van der Waals surface area contributed by atoms with Crippen molar-refractivity contribution in [2.75, 3.05) is 11.9 Å². The highest BCUT2D eigenvalue weighted by Crippen LogP contribution is 2.16. The fourth-order valence-electron chi connectivity index (χ4n) is 2.49. The number of carboxylic acids is 1. The lowest BCUT2D eigenvalue weighted by Crippen LogP contribution is -2.44. The third-order valence-electron chi connectivity index (χ3n) is 4.00. The van der Waals surface area contributed by atoms with Gasteiger partial charge in [0.2, 0.25) is 5.91 Å². The summed E-state index contributed by atoms with van der Waals surface area (Å²) in [5.74, 6) is -1.85. The number of anilines is 1. The molecule has 1 unspecified atom stereocenters. The summed E-state index contributed by atoms with van der Waals surface area (Å²) in [7, 11) is -3.81. The number of carbonyl (C=O) groups excluding carboxylic acids is 2. The van der Waals surface area contributed by atoms with Crippen molar-refractivity contribution < 1.29 is 32.6 Å². The maximum absolute atomic E-state index is 12.6. The standard InChI is InChI=1S/C18H23N5O7S2/c19-32(28,29)20-9-5-4-8-13(15(24)23-17-21-14(11-31-17)16(25)26)22-18(27)30-10-12-6-2-1-3-7-12/h1-3,6-7,11,13,20H,4-5,8-10H2,(H,22,27)(H,25,26)(H2,19,28,29)(H,21,23,24). The van der Waals surface area contributed by atoms with Crippen molar-refractivity contribution in [3.05, 3.63) is 47.0 Å². The molecule has 0 aliphatic heterocycles. The third-order valence-corrected chi connectivity index (χ3v) is 5.36. The van der Waals surface area contributed by atoms with E-state index in [1.54, 1.807) is 24.3 Å². The van der Waals surface area contributed by atoms with Crippen molar-refractivity contribution in [2.45, 2.75) is 31.9 Å². The number of carboxylic acid groups (broad SMARTS) is 1. The zero-order valence-electron chi connectivity index (χ0n) is 16.8. The highest BCUT2D eigenvalue weighted by atomic mass is 32.2. The van der Waals surface area contributed by atoms with E-state index in [2.05, 4.69) is 20.3 Å². The zero-order chi connectivity index (χ0) is 23.6. The normalized spacial score (nSPS) is 12.0. The average Bonchev–Trinajstić information content (AvgIpc) is 3.20. The zero-order valence-corrected chi connectivity index (χ0v) is 18.4. The van der Waals surface area contributed by atoms with Crippen molar-refractivity contribution in [1.29, 1.82) is 0 Å². The topological polar surface area (TPSA) is 190 Å². The van der Waals surface area contributed by atoms with Crippen LogP contribution in [-0.4, -0.2) is 49.1 Å². The van der Waals surface area contributed by atoms with Gasteiger partial charge in [-0.1, -0.05) is 30.3 Å². The number of aromatic nitrogens is 1. The number of nitrogens with one attached hydrogen (secondary N) is 3. The molecule has 0 fully saturated rings. The molecule has 0 aliphatic rings. The van der Waals surface area contributed by atoms with E-state index in [1.165, 1.54) is 5.38 Å². The molecule has 0 saturated carbocycles. The number of nitrogens with zero attached hydrogens (tertiary/aromatic N) is 1. The van der Waals surface area contributed by atoms with Crippen LogP contribution in [0, 0.1) is 0 Å². The summed E-state index contributed by atoms with van der Waals surface area (Å²) in [5.41, 5.74) is 0.549. The van der Waals surface area contributed by atoms with E-state index in [9.17, 15) is 22.8 Å². The smallest absolute Gasteiger partial charge is 0.408 e. The van der Waals surface area contributed by atoms with Gasteiger partial charge >= 0.3 is 12.1 Å². The molecule has 0 spiro atoms. The molecule has 6 N–H and O–H groups in total. The number of hydrogen-bond donors (Lipinski definition) is 5. The van der Waals surface area contributed by atoms with Crippen molar-refractivity contribution in [3.63, 3.8) is 0 Å². The maximum atomic E-state index is 12.6. The summed E-state index contributed by atoms with van der Waals surface area (Å²) >= 11 is 0.926. The van der Waals surface area contributed by atoms with Gasteiger partial charge in [0.1, 0.15) is 12.6 Å². The SMILES string of the molecule is NS(=O)(=O)NCCCCC(NC(=O)OCc1ccccc1)C(=O)Nc1nc(C(=O)O)cs1. The molecule has 1 heterocycles. The Morgan fingerprint density at radius 3 is 2.53 bits per heavy atom. The van der Waals surface area contributed by atoms with Crippen LogP contribution in [0.2, 0.25) is 0 Å². The molecule has 174 valence electrons. The van der Waals surface area contributed by atoms with Gasteiger partial charge in [0.15, 0.2) is 10.8 Å². The Morgan fingerprint density at radius 2 is 1.91 bits per heavy atom. The molecule has 0 bridgehead atoms. The maximum Gasteiger partial charge on any atom is 0.408 e. The lowest BCUT2D eigenvalue weighted by Gasteiger charge is -2.17. The van der Waals surface area contributed by atoms with E-state index in [0.717, 1.165) is 16.9 Å². The van der Waals surface area contributed by atoms with Gasteiger partial charge in [0.25, 0.3) is 10.2 Å². The number of ether oxygens (including phenoxy) is 1. The van der Waals surface area contributed by atoms with E-state index in [1.807, 2.05) is 6.07 Å². The van der Waals surface area contributed by atoms with E-state index in [-0.39, 0.29) is 30.4 Å². The van der Waals surface area contributed by atoms with E-state index < -0.39 is 34.2 Å². The Hall–Kier alpha value is -3.07. The lowest BCUT2D eigenvalue weighted by atomic mass is 10.1. The van der Waals surface area contributed by atoms with Crippen LogP contribution in [0.15, 0.2) is 35.7 Å². The molecule has 0 aliphatic carbocycles. The van der Waals surface area contributed by atoms with Gasteiger partial charge in [-0.2, -0.15) is 8.42 Å². The van der Waals surface area contributed by atoms with Gasteiger partial charge in [-0.15, -0.1) is 11.3 Å². The number of thiazole rings is 1. The first-order valence-electron chi connectivity index (χ1n) is 9.38. The molecule has 1 aromatic carbocycles. The summed E-state index contributed by atoms with van der Waals surface area (Å²) in [4.78, 5) is 39.5. The average molecular weight is 486 g/mol. The quantitative estimate of drug-likeness (QED) is 0.275. The molecular formula is C18H23N5O7S2. The Balaban J connectivity index is 1.94. The number of rotatable bonds is 12. The third kappa shape index (κ3) is 9.38. The predicted octanol–water partition coefficient (Wildman–Crippen LogP) is 1.04. The summed E-state index contributed by atoms with van der Waals surface area (Å²) in [6.07, 6.45) is 0.0802. The second-order valence-corrected chi connectivity index (χ2v) is 8.76. The molecule has 32 heavy (non-hydrogen) atoms. The van der Waals surface area contributed by atoms with Crippen LogP contribution in [0.5, 0.6) is 0 Å². The van der Waals surface area contributed by atoms with E-state index in [0.29, 0.717) is 12.8 Å². The van der Waals surface area contributed by atoms with Gasteiger partial charge in [0.05, 0.1) is 0 Å².